The lowest BCUT2D eigenvalue weighted by Crippen LogP contribution is -2.29. The van der Waals surface area contributed by atoms with Gasteiger partial charge in [-0.25, -0.2) is 0 Å². The van der Waals surface area contributed by atoms with Gasteiger partial charge in [-0.2, -0.15) is 0 Å². The highest BCUT2D eigenvalue weighted by Gasteiger charge is 2.47. The molecule has 6 heteroatoms. The van der Waals surface area contributed by atoms with Gasteiger partial charge in [-0.3, -0.25) is 14.5 Å². The minimum Gasteiger partial charge on any atom is -0.507 e. The number of benzene rings is 4. The molecule has 2 heterocycles. The van der Waals surface area contributed by atoms with E-state index >= 15 is 0 Å². The molecule has 2 aliphatic rings. The zero-order valence-corrected chi connectivity index (χ0v) is 20.5. The van der Waals surface area contributed by atoms with E-state index in [-0.39, 0.29) is 18.1 Å². The Morgan fingerprint density at radius 3 is 2.35 bits per heavy atom. The number of ketones is 1. The SMILES string of the molecule is CC(C)c1ccc(C2/C(=C(/O)c3ccc4ccccc4c3)C(=O)C(=O)N2c2ccc3c(c2)OCO3)cc1. The van der Waals surface area contributed by atoms with Crippen LogP contribution in [0.5, 0.6) is 11.5 Å². The third-order valence-electron chi connectivity index (χ3n) is 7.02. The number of anilines is 1. The summed E-state index contributed by atoms with van der Waals surface area (Å²) in [6, 6.07) is 25.4. The van der Waals surface area contributed by atoms with Crippen LogP contribution in [0.3, 0.4) is 0 Å². The molecule has 37 heavy (non-hydrogen) atoms. The van der Waals surface area contributed by atoms with Crippen LogP contribution in [-0.4, -0.2) is 23.6 Å². The van der Waals surface area contributed by atoms with Crippen molar-refractivity contribution >= 4 is 33.9 Å². The van der Waals surface area contributed by atoms with Crippen molar-refractivity contribution in [3.8, 4) is 11.5 Å². The van der Waals surface area contributed by atoms with Gasteiger partial charge in [-0.15, -0.1) is 0 Å². The molecular weight excluding hydrogens is 466 g/mol. The number of rotatable bonds is 4. The van der Waals surface area contributed by atoms with Crippen LogP contribution >= 0.6 is 0 Å². The molecule has 6 rings (SSSR count). The van der Waals surface area contributed by atoms with Crippen LogP contribution in [0.1, 0.15) is 42.5 Å². The number of hydrogen-bond acceptors (Lipinski definition) is 5. The van der Waals surface area contributed by atoms with Gasteiger partial charge in [0, 0.05) is 17.3 Å². The predicted octanol–water partition coefficient (Wildman–Crippen LogP) is 6.32. The average Bonchev–Trinajstić information content (AvgIpc) is 3.49. The number of nitrogens with zero attached hydrogens (tertiary/aromatic N) is 1. The molecule has 1 unspecified atom stereocenters. The Balaban J connectivity index is 1.54. The zero-order chi connectivity index (χ0) is 25.7. The molecule has 1 fully saturated rings. The summed E-state index contributed by atoms with van der Waals surface area (Å²) in [6.07, 6.45) is 0. The Morgan fingerprint density at radius 2 is 1.59 bits per heavy atom. The van der Waals surface area contributed by atoms with Crippen molar-refractivity contribution in [2.45, 2.75) is 25.8 Å². The van der Waals surface area contributed by atoms with Crippen LogP contribution in [0.2, 0.25) is 0 Å². The Hall–Kier alpha value is -4.58. The lowest BCUT2D eigenvalue weighted by atomic mass is 9.92. The van der Waals surface area contributed by atoms with Crippen LogP contribution in [0.4, 0.5) is 5.69 Å². The molecule has 0 radical (unpaired) electrons. The zero-order valence-electron chi connectivity index (χ0n) is 20.5. The van der Waals surface area contributed by atoms with Gasteiger partial charge in [0.05, 0.1) is 11.6 Å². The second-order valence-electron chi connectivity index (χ2n) is 9.59. The quantitative estimate of drug-likeness (QED) is 0.205. The molecule has 1 N–H and O–H groups in total. The summed E-state index contributed by atoms with van der Waals surface area (Å²) in [6.45, 7) is 4.31. The summed E-state index contributed by atoms with van der Waals surface area (Å²) in [5.74, 6) is -0.241. The minimum atomic E-state index is -0.812. The molecule has 0 aliphatic carbocycles. The van der Waals surface area contributed by atoms with Gasteiger partial charge in [0.25, 0.3) is 11.7 Å². The van der Waals surface area contributed by atoms with Gasteiger partial charge >= 0.3 is 0 Å². The summed E-state index contributed by atoms with van der Waals surface area (Å²) < 4.78 is 10.9. The Kier molecular flexibility index (Phi) is 5.45. The summed E-state index contributed by atoms with van der Waals surface area (Å²) >= 11 is 0. The first kappa shape index (κ1) is 22.9. The summed E-state index contributed by atoms with van der Waals surface area (Å²) in [5, 5.41) is 13.4. The lowest BCUT2D eigenvalue weighted by Gasteiger charge is -2.26. The smallest absolute Gasteiger partial charge is 0.300 e. The van der Waals surface area contributed by atoms with Gasteiger partial charge in [0.1, 0.15) is 5.76 Å². The molecule has 1 atom stereocenters. The molecule has 2 aliphatic heterocycles. The van der Waals surface area contributed by atoms with Crippen molar-refractivity contribution in [1.82, 2.24) is 0 Å². The topological polar surface area (TPSA) is 76.1 Å². The third-order valence-corrected chi connectivity index (χ3v) is 7.02. The molecule has 0 saturated carbocycles. The number of carbonyl (C=O) groups excluding carboxylic acids is 2. The van der Waals surface area contributed by atoms with Crippen molar-refractivity contribution in [1.29, 1.82) is 0 Å². The fraction of sp³-hybridized carbons (Fsp3) is 0.161. The Labute approximate surface area is 214 Å². The van der Waals surface area contributed by atoms with Crippen LogP contribution in [-0.2, 0) is 9.59 Å². The van der Waals surface area contributed by atoms with E-state index in [1.165, 1.54) is 4.90 Å². The van der Waals surface area contributed by atoms with Crippen molar-refractivity contribution in [3.63, 3.8) is 0 Å². The predicted molar refractivity (Wildman–Crippen MR) is 142 cm³/mol. The van der Waals surface area contributed by atoms with E-state index in [0.717, 1.165) is 21.9 Å². The number of carbonyl (C=O) groups is 2. The lowest BCUT2D eigenvalue weighted by molar-refractivity contribution is -0.132. The van der Waals surface area contributed by atoms with Gasteiger partial charge in [-0.05, 0) is 46.0 Å². The van der Waals surface area contributed by atoms with Crippen LogP contribution in [0, 0.1) is 0 Å². The first-order valence-electron chi connectivity index (χ1n) is 12.2. The molecule has 4 aromatic carbocycles. The molecular formula is C31H25NO5. The first-order chi connectivity index (χ1) is 17.9. The van der Waals surface area contributed by atoms with Crippen molar-refractivity contribution in [3.05, 3.63) is 107 Å². The van der Waals surface area contributed by atoms with Crippen molar-refractivity contribution in [2.75, 3.05) is 11.7 Å². The Bertz CT molecular complexity index is 1590. The van der Waals surface area contributed by atoms with E-state index in [4.69, 9.17) is 9.47 Å². The number of aliphatic hydroxyl groups is 1. The molecule has 1 saturated heterocycles. The fourth-order valence-corrected chi connectivity index (χ4v) is 5.00. The summed E-state index contributed by atoms with van der Waals surface area (Å²) in [4.78, 5) is 28.4. The minimum absolute atomic E-state index is 0.0512. The van der Waals surface area contributed by atoms with Gasteiger partial charge in [0.15, 0.2) is 11.5 Å². The third kappa shape index (κ3) is 3.82. The molecule has 6 nitrogen and oxygen atoms in total. The second kappa shape index (κ2) is 8.82. The maximum absolute atomic E-state index is 13.5. The van der Waals surface area contributed by atoms with Gasteiger partial charge < -0.3 is 14.6 Å². The van der Waals surface area contributed by atoms with E-state index in [9.17, 15) is 14.7 Å². The van der Waals surface area contributed by atoms with Gasteiger partial charge in [-0.1, -0.05) is 74.5 Å². The van der Waals surface area contributed by atoms with Crippen LogP contribution in [0.15, 0.2) is 90.5 Å². The monoisotopic (exact) mass is 491 g/mol. The molecule has 0 spiro atoms. The number of amides is 1. The number of Topliss-reactive ketones (excluding diaryl/α,β-unsaturated/α-hetero) is 1. The highest BCUT2D eigenvalue weighted by atomic mass is 16.7. The first-order valence-corrected chi connectivity index (χ1v) is 12.2. The highest BCUT2D eigenvalue weighted by Crippen LogP contribution is 2.45. The molecule has 1 amide bonds. The highest BCUT2D eigenvalue weighted by molar-refractivity contribution is 6.51. The molecule has 4 aromatic rings. The Morgan fingerprint density at radius 1 is 0.865 bits per heavy atom. The van der Waals surface area contributed by atoms with Crippen LogP contribution in [0.25, 0.3) is 16.5 Å². The number of hydrogen-bond donors (Lipinski definition) is 1. The van der Waals surface area contributed by atoms with E-state index in [1.54, 1.807) is 24.3 Å². The van der Waals surface area contributed by atoms with E-state index in [2.05, 4.69) is 13.8 Å². The number of aliphatic hydroxyl groups excluding tert-OH is 1. The molecule has 0 aromatic heterocycles. The van der Waals surface area contributed by atoms with Gasteiger partial charge in [0.2, 0.25) is 6.79 Å². The van der Waals surface area contributed by atoms with E-state index in [0.29, 0.717) is 28.7 Å². The molecule has 0 bridgehead atoms. The standard InChI is InChI=1S/C31H25NO5/c1-18(2)19-7-10-21(11-8-19)28-27(29(33)23-12-9-20-5-3-4-6-22(20)15-23)30(34)31(35)32(28)24-13-14-25-26(16-24)37-17-36-25/h3-16,18,28,33H,17H2,1-2H3/b29-27-. The maximum atomic E-state index is 13.5. The van der Waals surface area contributed by atoms with Crippen molar-refractivity contribution < 1.29 is 24.2 Å². The van der Waals surface area contributed by atoms with E-state index < -0.39 is 17.7 Å². The normalized spacial score (nSPS) is 18.2. The fourth-order valence-electron chi connectivity index (χ4n) is 5.00. The second-order valence-corrected chi connectivity index (χ2v) is 9.59. The van der Waals surface area contributed by atoms with E-state index in [1.807, 2.05) is 60.7 Å². The largest absolute Gasteiger partial charge is 0.507 e. The van der Waals surface area contributed by atoms with Crippen LogP contribution < -0.4 is 14.4 Å². The molecule has 184 valence electrons. The summed E-state index contributed by atoms with van der Waals surface area (Å²) in [5.41, 5.74) is 2.88. The number of fused-ring (bicyclic) bond motifs is 2. The van der Waals surface area contributed by atoms with Crippen molar-refractivity contribution in [2.24, 2.45) is 0 Å². The number of ether oxygens (including phenoxy) is 2. The maximum Gasteiger partial charge on any atom is 0.300 e. The summed E-state index contributed by atoms with van der Waals surface area (Å²) in [7, 11) is 0. The average molecular weight is 492 g/mol.